The van der Waals surface area contributed by atoms with E-state index in [2.05, 4.69) is 9.97 Å². The summed E-state index contributed by atoms with van der Waals surface area (Å²) in [7, 11) is 0. The fourth-order valence-electron chi connectivity index (χ4n) is 3.70. The number of carbonyl (C=O) groups excluding carboxylic acids is 1. The van der Waals surface area contributed by atoms with Crippen LogP contribution in [0.4, 0.5) is 4.39 Å². The number of aromatic nitrogens is 2. The maximum absolute atomic E-state index is 13.4. The fourth-order valence-corrected chi connectivity index (χ4v) is 4.63. The molecular weight excluding hydrogens is 377 g/mol. The molecule has 0 spiro atoms. The number of rotatable bonds is 5. The van der Waals surface area contributed by atoms with Crippen molar-refractivity contribution in [2.45, 2.75) is 45.6 Å². The van der Waals surface area contributed by atoms with Crippen molar-refractivity contribution in [2.75, 3.05) is 6.54 Å². The van der Waals surface area contributed by atoms with Gasteiger partial charge in [0, 0.05) is 17.8 Å². The van der Waals surface area contributed by atoms with E-state index in [9.17, 15) is 9.18 Å². The predicted molar refractivity (Wildman–Crippen MR) is 105 cm³/mol. The zero-order valence-electron chi connectivity index (χ0n) is 15.9. The summed E-state index contributed by atoms with van der Waals surface area (Å²) < 4.78 is 19.3. The van der Waals surface area contributed by atoms with Crippen molar-refractivity contribution in [1.29, 1.82) is 0 Å². The number of halogens is 1. The summed E-state index contributed by atoms with van der Waals surface area (Å²) in [5, 5.41) is 0.980. The van der Waals surface area contributed by atoms with E-state index in [4.69, 9.17) is 4.42 Å². The van der Waals surface area contributed by atoms with Crippen LogP contribution in [0.15, 0.2) is 34.9 Å². The first kappa shape index (κ1) is 18.8. The molecule has 0 unspecified atom stereocenters. The Labute approximate surface area is 167 Å². The Hall–Kier alpha value is -2.54. The lowest BCUT2D eigenvalue weighted by Crippen LogP contribution is -2.32. The minimum atomic E-state index is -0.265. The average molecular weight is 399 g/mol. The molecule has 3 heterocycles. The van der Waals surface area contributed by atoms with Crippen molar-refractivity contribution in [2.24, 2.45) is 0 Å². The highest BCUT2D eigenvalue weighted by Crippen LogP contribution is 2.33. The summed E-state index contributed by atoms with van der Waals surface area (Å²) in [6.45, 7) is 4.61. The molecule has 0 aliphatic carbocycles. The monoisotopic (exact) mass is 399 g/mol. The Morgan fingerprint density at radius 1 is 1.39 bits per heavy atom. The van der Waals surface area contributed by atoms with E-state index in [0.717, 1.165) is 34.0 Å². The van der Waals surface area contributed by atoms with Crippen LogP contribution in [0, 0.1) is 19.7 Å². The van der Waals surface area contributed by atoms with Gasteiger partial charge in [-0.15, -0.1) is 11.3 Å². The van der Waals surface area contributed by atoms with E-state index in [1.807, 2.05) is 24.8 Å². The van der Waals surface area contributed by atoms with E-state index < -0.39 is 0 Å². The Morgan fingerprint density at radius 3 is 3.00 bits per heavy atom. The molecule has 1 aromatic carbocycles. The normalized spacial score (nSPS) is 16.7. The molecule has 1 atom stereocenters. The molecule has 5 nitrogen and oxygen atoms in total. The van der Waals surface area contributed by atoms with Crippen LogP contribution in [0.25, 0.3) is 0 Å². The molecule has 2 aromatic heterocycles. The molecule has 1 fully saturated rings. The highest BCUT2D eigenvalue weighted by molar-refractivity contribution is 7.11. The second-order valence-corrected chi connectivity index (χ2v) is 8.42. The Morgan fingerprint density at radius 2 is 2.25 bits per heavy atom. The van der Waals surface area contributed by atoms with Gasteiger partial charge in [-0.2, -0.15) is 0 Å². The first-order valence-corrected chi connectivity index (χ1v) is 10.2. The third kappa shape index (κ3) is 3.99. The molecule has 0 N–H and O–H groups in total. The number of amides is 1. The van der Waals surface area contributed by atoms with E-state index >= 15 is 0 Å². The molecule has 28 heavy (non-hydrogen) atoms. The summed E-state index contributed by atoms with van der Waals surface area (Å²) in [5.74, 6) is 1.06. The van der Waals surface area contributed by atoms with Crippen LogP contribution in [0.1, 0.15) is 51.7 Å². The molecule has 0 saturated carbocycles. The average Bonchev–Trinajstić information content (AvgIpc) is 3.35. The lowest BCUT2D eigenvalue weighted by molar-refractivity contribution is -0.131. The molecular formula is C21H22FN3O2S. The number of thiazole rings is 1. The summed E-state index contributed by atoms with van der Waals surface area (Å²) in [6.07, 6.45) is 4.29. The van der Waals surface area contributed by atoms with Crippen LogP contribution in [0.3, 0.4) is 0 Å². The molecule has 0 radical (unpaired) electrons. The molecule has 146 valence electrons. The van der Waals surface area contributed by atoms with Gasteiger partial charge in [0.15, 0.2) is 0 Å². The van der Waals surface area contributed by atoms with Crippen LogP contribution in [-0.4, -0.2) is 27.3 Å². The second-order valence-electron chi connectivity index (χ2n) is 7.13. The van der Waals surface area contributed by atoms with Crippen molar-refractivity contribution in [1.82, 2.24) is 14.9 Å². The first-order chi connectivity index (χ1) is 13.5. The van der Waals surface area contributed by atoms with Gasteiger partial charge in [0.05, 0.1) is 23.3 Å². The molecule has 1 aliphatic rings. The van der Waals surface area contributed by atoms with Gasteiger partial charge < -0.3 is 9.32 Å². The molecule has 4 rings (SSSR count). The van der Waals surface area contributed by atoms with Crippen molar-refractivity contribution >= 4 is 17.2 Å². The van der Waals surface area contributed by atoms with Crippen molar-refractivity contribution < 1.29 is 13.6 Å². The maximum atomic E-state index is 13.4. The summed E-state index contributed by atoms with van der Waals surface area (Å²) >= 11 is 1.58. The van der Waals surface area contributed by atoms with Crippen LogP contribution < -0.4 is 0 Å². The van der Waals surface area contributed by atoms with Crippen LogP contribution in [-0.2, 0) is 17.6 Å². The van der Waals surface area contributed by atoms with Gasteiger partial charge in [-0.05, 0) is 44.4 Å². The number of likely N-dealkylation sites (tertiary alicyclic amines) is 1. The van der Waals surface area contributed by atoms with Crippen molar-refractivity contribution in [3.05, 3.63) is 69.1 Å². The molecule has 7 heteroatoms. The zero-order chi connectivity index (χ0) is 19.7. The van der Waals surface area contributed by atoms with Crippen molar-refractivity contribution in [3.8, 4) is 0 Å². The van der Waals surface area contributed by atoms with E-state index in [-0.39, 0.29) is 17.8 Å². The number of carbonyl (C=O) groups is 1. The highest BCUT2D eigenvalue weighted by atomic mass is 32.1. The van der Waals surface area contributed by atoms with E-state index in [0.29, 0.717) is 31.0 Å². The largest absolute Gasteiger partial charge is 0.443 e. The molecule has 3 aromatic rings. The number of benzene rings is 1. The quantitative estimate of drug-likeness (QED) is 0.639. The minimum absolute atomic E-state index is 0.0825. The first-order valence-electron chi connectivity index (χ1n) is 9.41. The lowest BCUT2D eigenvalue weighted by atomic mass is 10.1. The van der Waals surface area contributed by atoms with Gasteiger partial charge in [-0.3, -0.25) is 4.79 Å². The van der Waals surface area contributed by atoms with Gasteiger partial charge in [0.25, 0.3) is 0 Å². The van der Waals surface area contributed by atoms with Gasteiger partial charge >= 0.3 is 0 Å². The highest BCUT2D eigenvalue weighted by Gasteiger charge is 2.33. The Bertz CT molecular complexity index is 997. The van der Waals surface area contributed by atoms with E-state index in [1.54, 1.807) is 23.6 Å². The SMILES string of the molecule is Cc1nc(C)c(CC(=O)N2CCC[C@H]2c2ncc(Cc3cccc(F)c3)o2)s1. The minimum Gasteiger partial charge on any atom is -0.443 e. The van der Waals surface area contributed by atoms with Crippen LogP contribution >= 0.6 is 11.3 Å². The third-order valence-electron chi connectivity index (χ3n) is 5.01. The second kappa shape index (κ2) is 7.83. The number of aryl methyl sites for hydroxylation is 2. The number of nitrogens with zero attached hydrogens (tertiary/aromatic N) is 3. The smallest absolute Gasteiger partial charge is 0.228 e. The summed E-state index contributed by atoms with van der Waals surface area (Å²) in [4.78, 5) is 24.6. The van der Waals surface area contributed by atoms with Gasteiger partial charge in [0.1, 0.15) is 17.6 Å². The van der Waals surface area contributed by atoms with E-state index in [1.165, 1.54) is 12.1 Å². The predicted octanol–water partition coefficient (Wildman–Crippen LogP) is 4.38. The Kier molecular flexibility index (Phi) is 5.26. The number of hydrogen-bond acceptors (Lipinski definition) is 5. The number of oxazole rings is 1. The lowest BCUT2D eigenvalue weighted by Gasteiger charge is -2.22. The number of hydrogen-bond donors (Lipinski definition) is 0. The van der Waals surface area contributed by atoms with Gasteiger partial charge in [-0.1, -0.05) is 12.1 Å². The van der Waals surface area contributed by atoms with Gasteiger partial charge in [-0.25, -0.2) is 14.4 Å². The standard InChI is InChI=1S/C21H22FN3O2S/c1-13-19(28-14(2)24-13)11-20(26)25-8-4-7-18(25)21-23-12-17(27-21)10-15-5-3-6-16(22)9-15/h3,5-6,9,12,18H,4,7-8,10-11H2,1-2H3/t18-/m0/s1. The molecule has 1 amide bonds. The van der Waals surface area contributed by atoms with Gasteiger partial charge in [0.2, 0.25) is 11.8 Å². The Balaban J connectivity index is 1.47. The van der Waals surface area contributed by atoms with Crippen molar-refractivity contribution in [3.63, 3.8) is 0 Å². The summed E-state index contributed by atoms with van der Waals surface area (Å²) in [6, 6.07) is 6.32. The molecule has 1 aliphatic heterocycles. The fraction of sp³-hybridized carbons (Fsp3) is 0.381. The molecule has 0 bridgehead atoms. The third-order valence-corrected chi connectivity index (χ3v) is 6.08. The van der Waals surface area contributed by atoms with Crippen LogP contribution in [0.5, 0.6) is 0 Å². The molecule has 1 saturated heterocycles. The topological polar surface area (TPSA) is 59.2 Å². The maximum Gasteiger partial charge on any atom is 0.228 e. The zero-order valence-corrected chi connectivity index (χ0v) is 16.8. The van der Waals surface area contributed by atoms with Crippen LogP contribution in [0.2, 0.25) is 0 Å². The summed E-state index contributed by atoms with van der Waals surface area (Å²) in [5.41, 5.74) is 1.76.